The highest BCUT2D eigenvalue weighted by atomic mass is 16.7. The van der Waals surface area contributed by atoms with Gasteiger partial charge in [0.1, 0.15) is 6.10 Å². The van der Waals surface area contributed by atoms with E-state index in [9.17, 15) is 0 Å². The normalized spacial score (nSPS) is 24.1. The van der Waals surface area contributed by atoms with Gasteiger partial charge < -0.3 is 19.3 Å². The van der Waals surface area contributed by atoms with Crippen molar-refractivity contribution in [2.24, 2.45) is 0 Å². The average Bonchev–Trinajstić information content (AvgIpc) is 2.89. The minimum atomic E-state index is -0.212. The molecule has 0 amide bonds. The van der Waals surface area contributed by atoms with Gasteiger partial charge in [0, 0.05) is 13.0 Å². The van der Waals surface area contributed by atoms with Crippen LogP contribution in [0.5, 0.6) is 0 Å². The Bertz CT molecular complexity index is 223. The molecular weight excluding hydrogens is 256 g/mol. The molecule has 0 spiro atoms. The van der Waals surface area contributed by atoms with Gasteiger partial charge in [-0.3, -0.25) is 0 Å². The number of rotatable bonds is 12. The van der Waals surface area contributed by atoms with Crippen molar-refractivity contribution in [3.05, 3.63) is 0 Å². The first kappa shape index (κ1) is 17.9. The average molecular weight is 288 g/mol. The van der Waals surface area contributed by atoms with Gasteiger partial charge in [-0.1, -0.05) is 45.4 Å². The van der Waals surface area contributed by atoms with E-state index in [1.165, 1.54) is 38.5 Å². The van der Waals surface area contributed by atoms with Gasteiger partial charge in [-0.25, -0.2) is 0 Å². The van der Waals surface area contributed by atoms with Crippen LogP contribution in [0.2, 0.25) is 0 Å². The lowest BCUT2D eigenvalue weighted by atomic mass is 10.1. The van der Waals surface area contributed by atoms with Crippen LogP contribution >= 0.6 is 0 Å². The molecule has 0 aromatic rings. The molecule has 0 aromatic heterocycles. The van der Waals surface area contributed by atoms with Gasteiger partial charge in [0.05, 0.1) is 19.3 Å². The Balaban J connectivity index is 1.89. The largest absolute Gasteiger partial charge is 0.394 e. The number of unbranched alkanes of at least 4 members (excludes halogenated alkanes) is 6. The van der Waals surface area contributed by atoms with E-state index in [2.05, 4.69) is 13.8 Å². The second-order valence-electron chi connectivity index (χ2n) is 5.74. The number of aliphatic hydroxyl groups excluding tert-OH is 1. The minimum absolute atomic E-state index is 0.0315. The summed E-state index contributed by atoms with van der Waals surface area (Å²) >= 11 is 0. The van der Waals surface area contributed by atoms with Crippen LogP contribution in [-0.4, -0.2) is 43.4 Å². The molecular formula is C16H32O4. The van der Waals surface area contributed by atoms with Gasteiger partial charge in [-0.2, -0.15) is 0 Å². The first-order chi connectivity index (χ1) is 9.76. The molecule has 1 heterocycles. The molecule has 0 saturated carbocycles. The molecule has 4 heteroatoms. The zero-order chi connectivity index (χ0) is 14.6. The summed E-state index contributed by atoms with van der Waals surface area (Å²) in [6.45, 7) is 5.65. The first-order valence-corrected chi connectivity index (χ1v) is 8.25. The van der Waals surface area contributed by atoms with Gasteiger partial charge in [-0.15, -0.1) is 0 Å². The minimum Gasteiger partial charge on any atom is -0.394 e. The maximum absolute atomic E-state index is 8.96. The molecule has 20 heavy (non-hydrogen) atoms. The Labute approximate surface area is 123 Å². The Morgan fingerprint density at radius 2 is 1.85 bits per heavy atom. The Hall–Kier alpha value is -0.160. The van der Waals surface area contributed by atoms with E-state index in [1.54, 1.807) is 0 Å². The zero-order valence-electron chi connectivity index (χ0n) is 13.2. The summed E-state index contributed by atoms with van der Waals surface area (Å²) in [5, 5.41) is 8.96. The highest BCUT2D eigenvalue weighted by molar-refractivity contribution is 4.66. The van der Waals surface area contributed by atoms with E-state index in [-0.39, 0.29) is 25.1 Å². The molecule has 1 fully saturated rings. The van der Waals surface area contributed by atoms with E-state index < -0.39 is 0 Å². The highest BCUT2D eigenvalue weighted by Crippen LogP contribution is 2.17. The third-order valence-electron chi connectivity index (χ3n) is 3.69. The van der Waals surface area contributed by atoms with Crippen molar-refractivity contribution in [3.8, 4) is 0 Å². The van der Waals surface area contributed by atoms with E-state index in [0.717, 1.165) is 19.4 Å². The van der Waals surface area contributed by atoms with Crippen molar-refractivity contribution >= 4 is 0 Å². The number of ether oxygens (including phenoxy) is 3. The molecule has 1 rings (SSSR count). The lowest BCUT2D eigenvalue weighted by Crippen LogP contribution is -2.21. The molecule has 1 N–H and O–H groups in total. The fraction of sp³-hybridized carbons (Fsp3) is 1.00. The van der Waals surface area contributed by atoms with Gasteiger partial charge in [0.15, 0.2) is 6.29 Å². The van der Waals surface area contributed by atoms with Gasteiger partial charge in [0.2, 0.25) is 0 Å². The molecule has 4 nitrogen and oxygen atoms in total. The van der Waals surface area contributed by atoms with Crippen LogP contribution in [0.1, 0.15) is 65.2 Å². The van der Waals surface area contributed by atoms with Gasteiger partial charge in [-0.05, 0) is 13.3 Å². The van der Waals surface area contributed by atoms with Crippen LogP contribution in [0.15, 0.2) is 0 Å². The summed E-state index contributed by atoms with van der Waals surface area (Å²) in [6, 6.07) is 0. The molecule has 120 valence electrons. The van der Waals surface area contributed by atoms with Crippen molar-refractivity contribution in [1.82, 2.24) is 0 Å². The molecule has 1 aliphatic heterocycles. The molecule has 1 unspecified atom stereocenters. The zero-order valence-corrected chi connectivity index (χ0v) is 13.2. The highest BCUT2D eigenvalue weighted by Gasteiger charge is 2.26. The summed E-state index contributed by atoms with van der Waals surface area (Å²) in [4.78, 5) is 0. The molecule has 0 radical (unpaired) electrons. The predicted octanol–water partition coefficient (Wildman–Crippen LogP) is 3.27. The van der Waals surface area contributed by atoms with E-state index in [4.69, 9.17) is 19.3 Å². The molecule has 0 aromatic carbocycles. The molecule has 1 aliphatic rings. The summed E-state index contributed by atoms with van der Waals surface area (Å²) in [5.74, 6) is 0. The lowest BCUT2D eigenvalue weighted by Gasteiger charge is -2.17. The smallest absolute Gasteiger partial charge is 0.160 e. The summed E-state index contributed by atoms with van der Waals surface area (Å²) in [7, 11) is 0. The number of hydrogen-bond acceptors (Lipinski definition) is 4. The SMILES string of the molecule is CCCCCCCCCOC(C)C[C@H]1OC[C@@H](CO)O1. The van der Waals surface area contributed by atoms with Crippen molar-refractivity contribution in [2.75, 3.05) is 19.8 Å². The third-order valence-corrected chi connectivity index (χ3v) is 3.69. The van der Waals surface area contributed by atoms with Crippen LogP contribution in [0.4, 0.5) is 0 Å². The van der Waals surface area contributed by atoms with E-state index >= 15 is 0 Å². The van der Waals surface area contributed by atoms with Crippen LogP contribution in [-0.2, 0) is 14.2 Å². The predicted molar refractivity (Wildman–Crippen MR) is 79.7 cm³/mol. The molecule has 1 saturated heterocycles. The van der Waals surface area contributed by atoms with Crippen molar-refractivity contribution in [2.45, 2.75) is 83.7 Å². The number of hydrogen-bond donors (Lipinski definition) is 1. The van der Waals surface area contributed by atoms with Crippen LogP contribution in [0, 0.1) is 0 Å². The molecule has 3 atom stereocenters. The summed E-state index contributed by atoms with van der Waals surface area (Å²) in [6.07, 6.45) is 9.65. The third kappa shape index (κ3) is 8.20. The van der Waals surface area contributed by atoms with Crippen molar-refractivity contribution in [1.29, 1.82) is 0 Å². The maximum atomic E-state index is 8.96. The fourth-order valence-electron chi connectivity index (χ4n) is 2.41. The van der Waals surface area contributed by atoms with E-state index in [1.807, 2.05) is 0 Å². The van der Waals surface area contributed by atoms with Crippen LogP contribution < -0.4 is 0 Å². The second-order valence-corrected chi connectivity index (χ2v) is 5.74. The van der Waals surface area contributed by atoms with Gasteiger partial charge >= 0.3 is 0 Å². The summed E-state index contributed by atoms with van der Waals surface area (Å²) < 4.78 is 16.7. The quantitative estimate of drug-likeness (QED) is 0.560. The van der Waals surface area contributed by atoms with Crippen LogP contribution in [0.25, 0.3) is 0 Å². The fourth-order valence-corrected chi connectivity index (χ4v) is 2.41. The van der Waals surface area contributed by atoms with Crippen LogP contribution in [0.3, 0.4) is 0 Å². The Kier molecular flexibility index (Phi) is 10.3. The Morgan fingerprint density at radius 1 is 1.15 bits per heavy atom. The number of aliphatic hydroxyl groups is 1. The lowest BCUT2D eigenvalue weighted by molar-refractivity contribution is -0.0959. The van der Waals surface area contributed by atoms with Gasteiger partial charge in [0.25, 0.3) is 0 Å². The maximum Gasteiger partial charge on any atom is 0.160 e. The summed E-state index contributed by atoms with van der Waals surface area (Å²) in [5.41, 5.74) is 0. The molecule has 0 aliphatic carbocycles. The van der Waals surface area contributed by atoms with Crippen molar-refractivity contribution < 1.29 is 19.3 Å². The monoisotopic (exact) mass is 288 g/mol. The first-order valence-electron chi connectivity index (χ1n) is 8.25. The van der Waals surface area contributed by atoms with E-state index in [0.29, 0.717) is 6.61 Å². The second kappa shape index (κ2) is 11.5. The standard InChI is InChI=1S/C16H32O4/c1-3-4-5-6-7-8-9-10-18-14(2)11-16-19-13-15(12-17)20-16/h14-17H,3-13H2,1-2H3/t14?,15-,16+/m1/s1. The Morgan fingerprint density at radius 3 is 2.50 bits per heavy atom. The molecule has 0 bridgehead atoms. The topological polar surface area (TPSA) is 47.9 Å². The van der Waals surface area contributed by atoms with Crippen molar-refractivity contribution in [3.63, 3.8) is 0 Å².